The first-order valence-corrected chi connectivity index (χ1v) is 6.19. The number of benzene rings is 1. The smallest absolute Gasteiger partial charge is 0.132 e. The number of alkyl halides is 1. The summed E-state index contributed by atoms with van der Waals surface area (Å²) in [5.41, 5.74) is 0.757. The molecule has 4 nitrogen and oxygen atoms in total. The maximum absolute atomic E-state index is 12.0. The molecule has 2 rings (SSSR count). The number of allylic oxidation sites excluding steroid dienone is 1. The van der Waals surface area contributed by atoms with Gasteiger partial charge in [-0.1, -0.05) is 0 Å². The van der Waals surface area contributed by atoms with Crippen molar-refractivity contribution in [2.45, 2.75) is 0 Å². The number of hydrogen-bond donors (Lipinski definition) is 0. The third kappa shape index (κ3) is 3.06. The molecule has 0 bridgehead atoms. The molecule has 94 valence electrons. The van der Waals surface area contributed by atoms with E-state index in [0.29, 0.717) is 10.8 Å². The van der Waals surface area contributed by atoms with Crippen LogP contribution < -0.4 is 4.74 Å². The molecule has 0 saturated carbocycles. The highest BCUT2D eigenvalue weighted by Crippen LogP contribution is 2.27. The minimum absolute atomic E-state index is 0.00737. The number of nitrogens with zero attached hydrogens (tertiary/aromatic N) is 3. The molecule has 6 heteroatoms. The summed E-state index contributed by atoms with van der Waals surface area (Å²) in [7, 11) is 0. The molecule has 0 saturated heterocycles. The van der Waals surface area contributed by atoms with Gasteiger partial charge in [0.25, 0.3) is 0 Å². The fourth-order valence-corrected chi connectivity index (χ4v) is 2.38. The molecule has 0 radical (unpaired) electrons. The van der Waals surface area contributed by atoms with Crippen molar-refractivity contribution in [3.8, 4) is 17.9 Å². The first kappa shape index (κ1) is 13.0. The molecule has 0 aliphatic heterocycles. The molecule has 1 aromatic carbocycles. The molecule has 0 fully saturated rings. The Morgan fingerprint density at radius 2 is 2.21 bits per heavy atom. The van der Waals surface area contributed by atoms with Gasteiger partial charge in [0.05, 0.1) is 10.2 Å². The van der Waals surface area contributed by atoms with Crippen LogP contribution in [0.3, 0.4) is 0 Å². The lowest BCUT2D eigenvalue weighted by Crippen LogP contribution is -1.97. The van der Waals surface area contributed by atoms with Crippen LogP contribution in [0, 0.1) is 22.7 Å². The van der Waals surface area contributed by atoms with Gasteiger partial charge in [0, 0.05) is 6.08 Å². The van der Waals surface area contributed by atoms with Crippen molar-refractivity contribution in [1.82, 2.24) is 4.98 Å². The monoisotopic (exact) mass is 273 g/mol. The molecular weight excluding hydrogens is 265 g/mol. The zero-order valence-corrected chi connectivity index (χ0v) is 10.6. The maximum Gasteiger partial charge on any atom is 0.132 e. The number of nitriles is 2. The van der Waals surface area contributed by atoms with Gasteiger partial charge in [-0.2, -0.15) is 10.5 Å². The van der Waals surface area contributed by atoms with Gasteiger partial charge in [0.2, 0.25) is 0 Å². The van der Waals surface area contributed by atoms with Crippen molar-refractivity contribution in [3.63, 3.8) is 0 Å². The zero-order valence-electron chi connectivity index (χ0n) is 9.76. The highest BCUT2D eigenvalue weighted by atomic mass is 32.1. The summed E-state index contributed by atoms with van der Waals surface area (Å²) < 4.78 is 18.1. The quantitative estimate of drug-likeness (QED) is 0.803. The number of fused-ring (bicyclic) bond motifs is 1. The van der Waals surface area contributed by atoms with Crippen LogP contribution in [-0.2, 0) is 0 Å². The molecule has 0 N–H and O–H groups in total. The standard InChI is InChI=1S/C13H8FN3OS/c14-3-4-18-10-1-2-11-12(6-10)19-13(17-11)5-9(7-15)8-16/h1-2,5-6H,3-4H2. The molecule has 0 spiro atoms. The van der Waals surface area contributed by atoms with Gasteiger partial charge < -0.3 is 4.74 Å². The lowest BCUT2D eigenvalue weighted by molar-refractivity contribution is 0.273. The van der Waals surface area contributed by atoms with E-state index in [0.717, 1.165) is 10.2 Å². The summed E-state index contributed by atoms with van der Waals surface area (Å²) in [6.07, 6.45) is 1.44. The molecule has 1 aromatic heterocycles. The summed E-state index contributed by atoms with van der Waals surface area (Å²) in [6, 6.07) is 8.80. The van der Waals surface area contributed by atoms with Crippen LogP contribution in [0.1, 0.15) is 5.01 Å². The highest BCUT2D eigenvalue weighted by molar-refractivity contribution is 7.19. The normalized spacial score (nSPS) is 9.63. The molecule has 0 aliphatic rings. The van der Waals surface area contributed by atoms with Crippen LogP contribution in [0.15, 0.2) is 23.8 Å². The van der Waals surface area contributed by atoms with Gasteiger partial charge in [-0.15, -0.1) is 11.3 Å². The number of hydrogen-bond acceptors (Lipinski definition) is 5. The molecule has 1 heterocycles. The van der Waals surface area contributed by atoms with Crippen molar-refractivity contribution in [2.75, 3.05) is 13.3 Å². The molecule has 0 unspecified atom stereocenters. The first-order valence-electron chi connectivity index (χ1n) is 5.38. The predicted octanol–water partition coefficient (Wildman–Crippen LogP) is 3.08. The fraction of sp³-hybridized carbons (Fsp3) is 0.154. The van der Waals surface area contributed by atoms with Gasteiger partial charge in [-0.3, -0.25) is 0 Å². The molecule has 19 heavy (non-hydrogen) atoms. The first-order chi connectivity index (χ1) is 9.26. The summed E-state index contributed by atoms with van der Waals surface area (Å²) in [4.78, 5) is 4.28. The highest BCUT2D eigenvalue weighted by Gasteiger charge is 2.05. The Morgan fingerprint density at radius 1 is 1.42 bits per heavy atom. The third-order valence-electron chi connectivity index (χ3n) is 2.23. The van der Waals surface area contributed by atoms with Crippen LogP contribution >= 0.6 is 11.3 Å². The lowest BCUT2D eigenvalue weighted by Gasteiger charge is -2.01. The van der Waals surface area contributed by atoms with Crippen molar-refractivity contribution < 1.29 is 9.13 Å². The van der Waals surface area contributed by atoms with E-state index in [2.05, 4.69) is 4.98 Å². The van der Waals surface area contributed by atoms with Gasteiger partial charge in [-0.25, -0.2) is 9.37 Å². The van der Waals surface area contributed by atoms with E-state index >= 15 is 0 Å². The second-order valence-electron chi connectivity index (χ2n) is 3.50. The van der Waals surface area contributed by atoms with E-state index in [1.165, 1.54) is 17.4 Å². The zero-order chi connectivity index (χ0) is 13.7. The average molecular weight is 273 g/mol. The van der Waals surface area contributed by atoms with Crippen molar-refractivity contribution in [3.05, 3.63) is 28.8 Å². The Balaban J connectivity index is 2.34. The van der Waals surface area contributed by atoms with Crippen LogP contribution in [0.5, 0.6) is 5.75 Å². The van der Waals surface area contributed by atoms with Gasteiger partial charge in [-0.05, 0) is 18.2 Å². The van der Waals surface area contributed by atoms with Crippen LogP contribution in [0.25, 0.3) is 16.3 Å². The van der Waals surface area contributed by atoms with E-state index < -0.39 is 6.67 Å². The van der Waals surface area contributed by atoms with E-state index in [4.69, 9.17) is 15.3 Å². The van der Waals surface area contributed by atoms with Crippen molar-refractivity contribution in [2.24, 2.45) is 0 Å². The van der Waals surface area contributed by atoms with Crippen molar-refractivity contribution in [1.29, 1.82) is 10.5 Å². The number of thiazole rings is 1. The molecule has 0 amide bonds. The number of halogens is 1. The summed E-state index contributed by atoms with van der Waals surface area (Å²) in [6.45, 7) is -0.521. The Morgan fingerprint density at radius 3 is 2.89 bits per heavy atom. The fourth-order valence-electron chi connectivity index (χ4n) is 1.44. The number of aromatic nitrogens is 1. The SMILES string of the molecule is N#CC(C#N)=Cc1nc2ccc(OCCF)cc2s1. The van der Waals surface area contributed by atoms with Crippen LogP contribution in [0.4, 0.5) is 4.39 Å². The van der Waals surface area contributed by atoms with E-state index in [1.54, 1.807) is 30.3 Å². The van der Waals surface area contributed by atoms with E-state index in [-0.39, 0.29) is 12.2 Å². The van der Waals surface area contributed by atoms with Crippen molar-refractivity contribution >= 4 is 27.6 Å². The van der Waals surface area contributed by atoms with Crippen LogP contribution in [0.2, 0.25) is 0 Å². The van der Waals surface area contributed by atoms with E-state index in [9.17, 15) is 4.39 Å². The molecule has 2 aromatic rings. The molecular formula is C13H8FN3OS. The van der Waals surface area contributed by atoms with Crippen LogP contribution in [-0.4, -0.2) is 18.3 Å². The summed E-state index contributed by atoms with van der Waals surface area (Å²) in [5.74, 6) is 0.574. The predicted molar refractivity (Wildman–Crippen MR) is 70.3 cm³/mol. The Kier molecular flexibility index (Phi) is 4.07. The molecule has 0 aliphatic carbocycles. The average Bonchev–Trinajstić information content (AvgIpc) is 2.84. The number of ether oxygens (including phenoxy) is 1. The largest absolute Gasteiger partial charge is 0.491 e. The lowest BCUT2D eigenvalue weighted by atomic mass is 10.3. The molecule has 0 atom stereocenters. The summed E-state index contributed by atoms with van der Waals surface area (Å²) in [5, 5.41) is 17.9. The maximum atomic E-state index is 12.0. The third-order valence-corrected chi connectivity index (χ3v) is 3.20. The van der Waals surface area contributed by atoms with Gasteiger partial charge >= 0.3 is 0 Å². The Labute approximate surface area is 113 Å². The number of rotatable bonds is 4. The minimum atomic E-state index is -0.539. The second kappa shape index (κ2) is 5.94. The van der Waals surface area contributed by atoms with Gasteiger partial charge in [0.15, 0.2) is 0 Å². The Hall–Kier alpha value is -2.44. The summed E-state index contributed by atoms with van der Waals surface area (Å²) >= 11 is 1.34. The van der Waals surface area contributed by atoms with Gasteiger partial charge in [0.1, 0.15) is 41.8 Å². The topological polar surface area (TPSA) is 69.7 Å². The Bertz CT molecular complexity index is 693. The van der Waals surface area contributed by atoms with E-state index in [1.807, 2.05) is 0 Å². The minimum Gasteiger partial charge on any atom is -0.491 e. The second-order valence-corrected chi connectivity index (χ2v) is 4.56.